The van der Waals surface area contributed by atoms with Crippen LogP contribution in [0.25, 0.3) is 0 Å². The maximum Gasteiger partial charge on any atom is 0.410 e. The zero-order valence-electron chi connectivity index (χ0n) is 21.1. The quantitative estimate of drug-likeness (QED) is 0.417. The number of ether oxygens (including phenoxy) is 2. The van der Waals surface area contributed by atoms with Crippen LogP contribution in [0.4, 0.5) is 10.5 Å². The van der Waals surface area contributed by atoms with Gasteiger partial charge in [0.15, 0.2) is 0 Å². The molecule has 0 spiro atoms. The van der Waals surface area contributed by atoms with E-state index in [1.165, 1.54) is 24.6 Å². The number of amides is 1. The molecule has 0 aromatic carbocycles. The Kier molecular flexibility index (Phi) is 8.30. The van der Waals surface area contributed by atoms with Crippen molar-refractivity contribution in [2.75, 3.05) is 37.7 Å². The number of piperidine rings is 2. The van der Waals surface area contributed by atoms with Crippen LogP contribution in [0.3, 0.4) is 0 Å². The van der Waals surface area contributed by atoms with Crippen molar-refractivity contribution in [3.05, 3.63) is 12.4 Å². The van der Waals surface area contributed by atoms with Gasteiger partial charge >= 0.3 is 6.09 Å². The monoisotopic (exact) mass is 464 g/mol. The summed E-state index contributed by atoms with van der Waals surface area (Å²) in [6.45, 7) is 18.1. The minimum atomic E-state index is -1.05. The number of aromatic nitrogens is 2. The standard InChI is InChI=1S/C24H44N4O3Si/c1-24(2,3)31-23(29)27-13-9-21(10-14-27)20-7-11-26(12-8-20)22-17-25-28(18-22)19-30-15-16-32(4,5)6/h17-18,20-21H,7-16,19H2,1-6H3. The third-order valence-electron chi connectivity index (χ3n) is 6.60. The number of hydrogen-bond acceptors (Lipinski definition) is 5. The molecule has 0 aliphatic carbocycles. The van der Waals surface area contributed by atoms with Crippen molar-refractivity contribution in [2.45, 2.75) is 84.5 Å². The van der Waals surface area contributed by atoms with Crippen molar-refractivity contribution >= 4 is 19.9 Å². The molecule has 2 saturated heterocycles. The van der Waals surface area contributed by atoms with E-state index in [2.05, 4.69) is 35.8 Å². The predicted molar refractivity (Wildman–Crippen MR) is 132 cm³/mol. The Hall–Kier alpha value is -1.54. The molecule has 0 saturated carbocycles. The van der Waals surface area contributed by atoms with Crippen LogP contribution in [-0.4, -0.2) is 67.2 Å². The molecule has 8 heteroatoms. The molecular formula is C24H44N4O3Si. The molecule has 1 aromatic rings. The van der Waals surface area contributed by atoms with Gasteiger partial charge in [0.1, 0.15) is 12.3 Å². The molecule has 3 heterocycles. The third kappa shape index (κ3) is 7.80. The van der Waals surface area contributed by atoms with Crippen molar-refractivity contribution in [1.29, 1.82) is 0 Å². The van der Waals surface area contributed by atoms with Crippen molar-refractivity contribution < 1.29 is 14.3 Å². The lowest BCUT2D eigenvalue weighted by molar-refractivity contribution is 0.0152. The molecule has 182 valence electrons. The summed E-state index contributed by atoms with van der Waals surface area (Å²) in [5.41, 5.74) is 0.784. The third-order valence-corrected chi connectivity index (χ3v) is 8.31. The molecule has 1 amide bonds. The van der Waals surface area contributed by atoms with E-state index in [0.29, 0.717) is 6.73 Å². The Morgan fingerprint density at radius 2 is 1.66 bits per heavy atom. The number of nitrogens with zero attached hydrogens (tertiary/aromatic N) is 4. The SMILES string of the molecule is CC(C)(C)OC(=O)N1CCC(C2CCN(c3cnn(COCC[Si](C)(C)C)c3)CC2)CC1. The second-order valence-electron chi connectivity index (χ2n) is 11.7. The second kappa shape index (κ2) is 10.6. The molecule has 0 unspecified atom stereocenters. The number of rotatable bonds is 7. The predicted octanol–water partition coefficient (Wildman–Crippen LogP) is 5.06. The summed E-state index contributed by atoms with van der Waals surface area (Å²) >= 11 is 0. The molecule has 0 bridgehead atoms. The zero-order valence-corrected chi connectivity index (χ0v) is 22.1. The first-order valence-electron chi connectivity index (χ1n) is 12.3. The first-order chi connectivity index (χ1) is 15.0. The van der Waals surface area contributed by atoms with E-state index < -0.39 is 13.7 Å². The van der Waals surface area contributed by atoms with Crippen LogP contribution in [0.1, 0.15) is 46.5 Å². The number of hydrogen-bond donors (Lipinski definition) is 0. The molecule has 2 aliphatic rings. The van der Waals surface area contributed by atoms with E-state index in [4.69, 9.17) is 9.47 Å². The van der Waals surface area contributed by atoms with Gasteiger partial charge in [-0.15, -0.1) is 0 Å². The van der Waals surface area contributed by atoms with Crippen molar-refractivity contribution in [3.8, 4) is 0 Å². The zero-order chi connectivity index (χ0) is 23.4. The summed E-state index contributed by atoms with van der Waals surface area (Å²) in [5.74, 6) is 1.48. The molecule has 0 radical (unpaired) electrons. The number of carbonyl (C=O) groups excluding carboxylic acids is 1. The van der Waals surface area contributed by atoms with Crippen LogP contribution in [0.2, 0.25) is 25.7 Å². The maximum atomic E-state index is 12.3. The Labute approximate surface area is 195 Å². The number of likely N-dealkylation sites (tertiary alicyclic amines) is 1. The smallest absolute Gasteiger partial charge is 0.410 e. The number of anilines is 1. The van der Waals surface area contributed by atoms with Gasteiger partial charge in [-0.3, -0.25) is 0 Å². The molecule has 32 heavy (non-hydrogen) atoms. The second-order valence-corrected chi connectivity index (χ2v) is 17.3. The van der Waals surface area contributed by atoms with Crippen molar-refractivity contribution in [3.63, 3.8) is 0 Å². The van der Waals surface area contributed by atoms with Crippen molar-refractivity contribution in [2.24, 2.45) is 11.8 Å². The highest BCUT2D eigenvalue weighted by Gasteiger charge is 2.32. The average molecular weight is 465 g/mol. The van der Waals surface area contributed by atoms with Crippen LogP contribution in [0.5, 0.6) is 0 Å². The van der Waals surface area contributed by atoms with Crippen LogP contribution in [-0.2, 0) is 16.2 Å². The van der Waals surface area contributed by atoms with E-state index in [1.807, 2.05) is 36.5 Å². The van der Waals surface area contributed by atoms with E-state index in [1.54, 1.807) is 0 Å². The van der Waals surface area contributed by atoms with Gasteiger partial charge in [-0.2, -0.15) is 5.10 Å². The highest BCUT2D eigenvalue weighted by Crippen LogP contribution is 2.34. The number of carbonyl (C=O) groups is 1. The lowest BCUT2D eigenvalue weighted by Crippen LogP contribution is -2.44. The topological polar surface area (TPSA) is 59.8 Å². The summed E-state index contributed by atoms with van der Waals surface area (Å²) in [4.78, 5) is 16.6. The van der Waals surface area contributed by atoms with Gasteiger partial charge in [0.05, 0.1) is 18.1 Å². The molecule has 0 atom stereocenters. The average Bonchev–Trinajstić information content (AvgIpc) is 3.18. The Bertz CT molecular complexity index is 724. The van der Waals surface area contributed by atoms with Gasteiger partial charge in [-0.25, -0.2) is 9.48 Å². The Morgan fingerprint density at radius 3 is 2.22 bits per heavy atom. The highest BCUT2D eigenvalue weighted by atomic mass is 28.3. The van der Waals surface area contributed by atoms with E-state index in [0.717, 1.165) is 57.5 Å². The van der Waals surface area contributed by atoms with E-state index >= 15 is 0 Å². The van der Waals surface area contributed by atoms with Gasteiger partial charge in [0, 0.05) is 40.9 Å². The summed E-state index contributed by atoms with van der Waals surface area (Å²) in [5, 5.41) is 4.50. The molecule has 1 aromatic heterocycles. The lowest BCUT2D eigenvalue weighted by Gasteiger charge is -2.40. The lowest BCUT2D eigenvalue weighted by atomic mass is 9.79. The van der Waals surface area contributed by atoms with Gasteiger partial charge in [-0.1, -0.05) is 19.6 Å². The molecule has 3 rings (SSSR count). The minimum absolute atomic E-state index is 0.160. The molecule has 2 fully saturated rings. The molecule has 2 aliphatic heterocycles. The summed E-state index contributed by atoms with van der Waals surface area (Å²) in [6, 6.07) is 1.19. The van der Waals surface area contributed by atoms with Crippen molar-refractivity contribution in [1.82, 2.24) is 14.7 Å². The summed E-state index contributed by atoms with van der Waals surface area (Å²) < 4.78 is 13.3. The van der Waals surface area contributed by atoms with Crippen LogP contribution in [0.15, 0.2) is 12.4 Å². The molecular weight excluding hydrogens is 420 g/mol. The molecule has 0 N–H and O–H groups in total. The fourth-order valence-corrected chi connectivity index (χ4v) is 5.39. The van der Waals surface area contributed by atoms with Gasteiger partial charge in [0.25, 0.3) is 0 Å². The largest absolute Gasteiger partial charge is 0.444 e. The van der Waals surface area contributed by atoms with Gasteiger partial charge in [-0.05, 0) is 64.3 Å². The summed E-state index contributed by atoms with van der Waals surface area (Å²) in [7, 11) is -1.05. The maximum absolute atomic E-state index is 12.3. The van der Waals surface area contributed by atoms with Crippen LogP contribution >= 0.6 is 0 Å². The van der Waals surface area contributed by atoms with Gasteiger partial charge in [0.2, 0.25) is 0 Å². The normalized spacial score (nSPS) is 19.4. The first kappa shape index (κ1) is 25.1. The van der Waals surface area contributed by atoms with E-state index in [-0.39, 0.29) is 6.09 Å². The fourth-order valence-electron chi connectivity index (χ4n) is 4.63. The van der Waals surface area contributed by atoms with Gasteiger partial charge < -0.3 is 19.3 Å². The molecule has 7 nitrogen and oxygen atoms in total. The summed E-state index contributed by atoms with van der Waals surface area (Å²) in [6.07, 6.45) is 8.56. The van der Waals surface area contributed by atoms with E-state index in [9.17, 15) is 4.79 Å². The highest BCUT2D eigenvalue weighted by molar-refractivity contribution is 6.76. The van der Waals surface area contributed by atoms with Crippen LogP contribution < -0.4 is 4.90 Å². The Balaban J connectivity index is 1.38. The Morgan fingerprint density at radius 1 is 1.06 bits per heavy atom. The fraction of sp³-hybridized carbons (Fsp3) is 0.833. The minimum Gasteiger partial charge on any atom is -0.444 e. The first-order valence-corrected chi connectivity index (χ1v) is 16.0. The van der Waals surface area contributed by atoms with Crippen LogP contribution in [0, 0.1) is 11.8 Å².